The second-order valence-corrected chi connectivity index (χ2v) is 3.10. The normalized spacial score (nSPS) is 9.85. The van der Waals surface area contributed by atoms with Gasteiger partial charge in [0.15, 0.2) is 5.16 Å². The van der Waals surface area contributed by atoms with Crippen molar-refractivity contribution < 1.29 is 9.90 Å². The van der Waals surface area contributed by atoms with Gasteiger partial charge in [-0.25, -0.2) is 4.98 Å². The number of anilines is 1. The van der Waals surface area contributed by atoms with E-state index in [1.165, 1.54) is 0 Å². The molecule has 0 unspecified atom stereocenters. The molecule has 0 bridgehead atoms. The van der Waals surface area contributed by atoms with Gasteiger partial charge in [0.1, 0.15) is 5.82 Å². The summed E-state index contributed by atoms with van der Waals surface area (Å²) in [4.78, 5) is 26.9. The average molecular weight is 200 g/mol. The molecule has 0 saturated heterocycles. The number of nitrogens with one attached hydrogen (secondary N) is 1. The summed E-state index contributed by atoms with van der Waals surface area (Å²) in [6, 6.07) is 1.11. The molecule has 0 fully saturated rings. The maximum absolute atomic E-state index is 10.8. The first-order chi connectivity index (χ1) is 6.08. The Kier molecular flexibility index (Phi) is 2.91. The molecular formula is C6H6N3O3S-. The van der Waals surface area contributed by atoms with Crippen molar-refractivity contribution in [2.45, 2.75) is 5.16 Å². The lowest BCUT2D eigenvalue weighted by Gasteiger charge is -2.01. The predicted octanol–water partition coefficient (Wildman–Crippen LogP) is -1.81. The number of carboxylic acid groups (broad SMARTS) is 1. The van der Waals surface area contributed by atoms with Gasteiger partial charge in [0.05, 0.1) is 5.97 Å². The number of H-pyrrole nitrogens is 1. The van der Waals surface area contributed by atoms with Gasteiger partial charge in [-0.2, -0.15) is 0 Å². The van der Waals surface area contributed by atoms with Crippen molar-refractivity contribution in [3.05, 3.63) is 16.4 Å². The summed E-state index contributed by atoms with van der Waals surface area (Å²) in [6.45, 7) is 0. The summed E-state index contributed by atoms with van der Waals surface area (Å²) < 4.78 is 0. The molecule has 0 saturated carbocycles. The third-order valence-corrected chi connectivity index (χ3v) is 1.91. The number of nitrogens with two attached hydrogens (primary N) is 1. The summed E-state index contributed by atoms with van der Waals surface area (Å²) in [5, 5.41) is 10.2. The third-order valence-electron chi connectivity index (χ3n) is 1.07. The first-order valence-corrected chi connectivity index (χ1v) is 4.26. The van der Waals surface area contributed by atoms with E-state index in [2.05, 4.69) is 9.97 Å². The number of nitrogen functional groups attached to an aromatic ring is 1. The molecule has 0 aliphatic heterocycles. The number of nitrogens with zero attached hydrogens (tertiary/aromatic N) is 1. The number of hydrogen-bond donors (Lipinski definition) is 2. The van der Waals surface area contributed by atoms with E-state index in [9.17, 15) is 14.7 Å². The minimum absolute atomic E-state index is 0.0598. The number of thioether (sulfide) groups is 1. The van der Waals surface area contributed by atoms with Crippen molar-refractivity contribution in [2.75, 3.05) is 11.5 Å². The lowest BCUT2D eigenvalue weighted by Crippen LogP contribution is -2.24. The highest BCUT2D eigenvalue weighted by Crippen LogP contribution is 2.10. The fourth-order valence-electron chi connectivity index (χ4n) is 0.649. The summed E-state index contributed by atoms with van der Waals surface area (Å²) >= 11 is 0.848. The number of aromatic nitrogens is 2. The van der Waals surface area contributed by atoms with Crippen LogP contribution < -0.4 is 16.4 Å². The molecule has 0 radical (unpaired) electrons. The van der Waals surface area contributed by atoms with Crippen LogP contribution in [0.15, 0.2) is 16.0 Å². The quantitative estimate of drug-likeness (QED) is 0.439. The van der Waals surface area contributed by atoms with Crippen LogP contribution in [0.5, 0.6) is 0 Å². The largest absolute Gasteiger partial charge is 0.549 e. The van der Waals surface area contributed by atoms with Gasteiger partial charge < -0.3 is 20.6 Å². The molecule has 0 amide bonds. The summed E-state index contributed by atoms with van der Waals surface area (Å²) in [5.74, 6) is -1.44. The van der Waals surface area contributed by atoms with Crippen LogP contribution in [0.25, 0.3) is 0 Å². The second kappa shape index (κ2) is 3.94. The minimum atomic E-state index is -1.23. The molecule has 0 spiro atoms. The maximum atomic E-state index is 10.8. The Morgan fingerprint density at radius 1 is 1.77 bits per heavy atom. The van der Waals surface area contributed by atoms with E-state index in [1.807, 2.05) is 0 Å². The maximum Gasteiger partial charge on any atom is 0.253 e. The summed E-state index contributed by atoms with van der Waals surface area (Å²) in [5.41, 5.74) is 4.85. The lowest BCUT2D eigenvalue weighted by molar-refractivity contribution is -0.301. The third kappa shape index (κ3) is 3.16. The number of carbonyl (C=O) groups excluding carboxylic acids is 1. The van der Waals surface area contributed by atoms with Gasteiger partial charge in [0, 0.05) is 11.8 Å². The molecule has 0 aliphatic rings. The first-order valence-electron chi connectivity index (χ1n) is 3.27. The van der Waals surface area contributed by atoms with Gasteiger partial charge in [-0.1, -0.05) is 11.8 Å². The Morgan fingerprint density at radius 2 is 2.46 bits per heavy atom. The standard InChI is InChI=1S/C6H7N3O3S/c7-3-1-4(10)9-6(8-3)13-2-5(11)12/h1H,2H2,(H,11,12)(H3,7,8,9,10)/p-1. The summed E-state index contributed by atoms with van der Waals surface area (Å²) in [7, 11) is 0. The summed E-state index contributed by atoms with van der Waals surface area (Å²) in [6.07, 6.45) is 0. The lowest BCUT2D eigenvalue weighted by atomic mass is 10.6. The predicted molar refractivity (Wildman–Crippen MR) is 45.0 cm³/mol. The van der Waals surface area contributed by atoms with Gasteiger partial charge in [-0.15, -0.1) is 0 Å². The Balaban J connectivity index is 2.77. The molecule has 70 valence electrons. The smallest absolute Gasteiger partial charge is 0.253 e. The van der Waals surface area contributed by atoms with Gasteiger partial charge >= 0.3 is 0 Å². The first kappa shape index (κ1) is 9.59. The van der Waals surface area contributed by atoms with Crippen molar-refractivity contribution in [3.63, 3.8) is 0 Å². The van der Waals surface area contributed by atoms with E-state index in [0.29, 0.717) is 0 Å². The molecule has 0 atom stereocenters. The molecule has 6 nitrogen and oxygen atoms in total. The van der Waals surface area contributed by atoms with Gasteiger partial charge in [-0.3, -0.25) is 4.79 Å². The zero-order chi connectivity index (χ0) is 9.84. The van der Waals surface area contributed by atoms with Gasteiger partial charge in [0.25, 0.3) is 5.56 Å². The van der Waals surface area contributed by atoms with Crippen molar-refractivity contribution in [2.24, 2.45) is 0 Å². The number of aromatic amines is 1. The van der Waals surface area contributed by atoms with E-state index >= 15 is 0 Å². The number of aliphatic carboxylic acids is 1. The Labute approximate surface area is 77.2 Å². The van der Waals surface area contributed by atoms with E-state index in [0.717, 1.165) is 17.8 Å². The molecule has 13 heavy (non-hydrogen) atoms. The highest BCUT2D eigenvalue weighted by Gasteiger charge is 1.98. The van der Waals surface area contributed by atoms with Crippen LogP contribution in [0.4, 0.5) is 5.82 Å². The highest BCUT2D eigenvalue weighted by atomic mass is 32.2. The minimum Gasteiger partial charge on any atom is -0.549 e. The van der Waals surface area contributed by atoms with Crippen LogP contribution in [0.1, 0.15) is 0 Å². The molecule has 7 heteroatoms. The van der Waals surface area contributed by atoms with E-state index in [4.69, 9.17) is 5.73 Å². The zero-order valence-corrected chi connectivity index (χ0v) is 7.26. The SMILES string of the molecule is Nc1cc(=O)[nH]c(SCC(=O)[O-])n1. The van der Waals surface area contributed by atoms with Crippen molar-refractivity contribution in [3.8, 4) is 0 Å². The molecule has 3 N–H and O–H groups in total. The van der Waals surface area contributed by atoms with Gasteiger partial charge in [-0.05, 0) is 0 Å². The van der Waals surface area contributed by atoms with Crippen LogP contribution in [0.2, 0.25) is 0 Å². The fourth-order valence-corrected chi connectivity index (χ4v) is 1.25. The fraction of sp³-hybridized carbons (Fsp3) is 0.167. The average Bonchev–Trinajstić information content (AvgIpc) is 1.99. The molecule has 1 heterocycles. The van der Waals surface area contributed by atoms with Crippen molar-refractivity contribution in [1.82, 2.24) is 9.97 Å². The van der Waals surface area contributed by atoms with Crippen LogP contribution in [-0.2, 0) is 4.79 Å². The van der Waals surface area contributed by atoms with Gasteiger partial charge in [0.2, 0.25) is 0 Å². The number of rotatable bonds is 3. The molecule has 1 aromatic rings. The van der Waals surface area contributed by atoms with Crippen LogP contribution in [0, 0.1) is 0 Å². The Bertz CT molecular complexity index is 376. The van der Waals surface area contributed by atoms with Crippen LogP contribution in [0.3, 0.4) is 0 Å². The molecular weight excluding hydrogens is 194 g/mol. The topological polar surface area (TPSA) is 112 Å². The Morgan fingerprint density at radius 3 is 3.00 bits per heavy atom. The molecule has 1 aromatic heterocycles. The van der Waals surface area contributed by atoms with Crippen LogP contribution in [-0.4, -0.2) is 21.7 Å². The molecule has 0 aliphatic carbocycles. The van der Waals surface area contributed by atoms with Crippen LogP contribution >= 0.6 is 11.8 Å². The van der Waals surface area contributed by atoms with E-state index in [1.54, 1.807) is 0 Å². The highest BCUT2D eigenvalue weighted by molar-refractivity contribution is 7.99. The Hall–Kier alpha value is -1.50. The number of hydrogen-bond acceptors (Lipinski definition) is 6. The monoisotopic (exact) mass is 200 g/mol. The molecule has 1 rings (SSSR count). The number of carbonyl (C=O) groups is 1. The zero-order valence-electron chi connectivity index (χ0n) is 6.44. The van der Waals surface area contributed by atoms with Crippen molar-refractivity contribution in [1.29, 1.82) is 0 Å². The second-order valence-electron chi connectivity index (χ2n) is 2.14. The van der Waals surface area contributed by atoms with E-state index < -0.39 is 11.5 Å². The number of carboxylic acids is 1. The molecule has 0 aromatic carbocycles. The van der Waals surface area contributed by atoms with Crippen molar-refractivity contribution >= 4 is 23.5 Å². The van der Waals surface area contributed by atoms with E-state index in [-0.39, 0.29) is 16.7 Å².